The average Bonchev–Trinajstić information content (AvgIpc) is 3.42. The van der Waals surface area contributed by atoms with Crippen molar-refractivity contribution in [2.45, 2.75) is 18.9 Å². The number of furan rings is 2. The summed E-state index contributed by atoms with van der Waals surface area (Å²) in [6.07, 6.45) is 1.95. The summed E-state index contributed by atoms with van der Waals surface area (Å²) in [4.78, 5) is 18.4. The van der Waals surface area contributed by atoms with Crippen LogP contribution in [0.25, 0.3) is 22.6 Å². The van der Waals surface area contributed by atoms with E-state index in [0.717, 1.165) is 16.7 Å². The Bertz CT molecular complexity index is 1030. The van der Waals surface area contributed by atoms with Crippen LogP contribution < -0.4 is 0 Å². The normalized spacial score (nSPS) is 17.5. The lowest BCUT2D eigenvalue weighted by molar-refractivity contribution is -0.128. The van der Waals surface area contributed by atoms with Gasteiger partial charge < -0.3 is 18.3 Å². The molecule has 7 heteroatoms. The predicted octanol–water partition coefficient (Wildman–Crippen LogP) is 3.59. The number of hydrogen-bond donors (Lipinski definition) is 0. The molecule has 0 N–H and O–H groups in total. The van der Waals surface area contributed by atoms with Gasteiger partial charge >= 0.3 is 0 Å². The van der Waals surface area contributed by atoms with E-state index >= 15 is 0 Å². The van der Waals surface area contributed by atoms with Gasteiger partial charge in [0.05, 0.1) is 18.7 Å². The van der Waals surface area contributed by atoms with Crippen molar-refractivity contribution in [2.75, 3.05) is 6.54 Å². The van der Waals surface area contributed by atoms with Crippen molar-refractivity contribution in [3.8, 4) is 11.6 Å². The quantitative estimate of drug-likeness (QED) is 0.560. The molecule has 3 aromatic heterocycles. The number of likely N-dealkylation sites (tertiary alicyclic amines) is 1. The molecule has 0 saturated carbocycles. The van der Waals surface area contributed by atoms with Crippen LogP contribution in [-0.2, 0) is 11.3 Å². The predicted molar refractivity (Wildman–Crippen MR) is 91.0 cm³/mol. The third kappa shape index (κ3) is 2.57. The molecular weight excluding hydrogens is 334 g/mol. The summed E-state index contributed by atoms with van der Waals surface area (Å²) in [6, 6.07) is 13.3. The van der Waals surface area contributed by atoms with E-state index in [1.165, 1.54) is 0 Å². The van der Waals surface area contributed by atoms with Gasteiger partial charge in [0, 0.05) is 18.4 Å². The van der Waals surface area contributed by atoms with Gasteiger partial charge in [-0.3, -0.25) is 4.79 Å². The van der Waals surface area contributed by atoms with Gasteiger partial charge in [-0.1, -0.05) is 23.4 Å². The van der Waals surface area contributed by atoms with Crippen LogP contribution in [-0.4, -0.2) is 27.5 Å². The number of amides is 1. The fourth-order valence-electron chi connectivity index (χ4n) is 3.27. The fourth-order valence-corrected chi connectivity index (χ4v) is 3.27. The smallest absolute Gasteiger partial charge is 0.238 e. The lowest BCUT2D eigenvalue weighted by Gasteiger charge is -2.13. The first-order chi connectivity index (χ1) is 12.8. The Labute approximate surface area is 148 Å². The highest BCUT2D eigenvalue weighted by Crippen LogP contribution is 2.31. The first-order valence-corrected chi connectivity index (χ1v) is 8.39. The Morgan fingerprint density at radius 2 is 2.12 bits per heavy atom. The minimum absolute atomic E-state index is 0.0508. The molecule has 7 nitrogen and oxygen atoms in total. The van der Waals surface area contributed by atoms with Crippen LogP contribution in [0.4, 0.5) is 0 Å². The van der Waals surface area contributed by atoms with Crippen LogP contribution in [0.1, 0.15) is 24.0 Å². The number of carbonyl (C=O) groups is 1. The minimum Gasteiger partial charge on any atom is -0.467 e. The maximum absolute atomic E-state index is 12.3. The molecule has 1 amide bonds. The molecule has 4 aromatic rings. The lowest BCUT2D eigenvalue weighted by Crippen LogP contribution is -2.24. The van der Waals surface area contributed by atoms with E-state index in [2.05, 4.69) is 10.1 Å². The van der Waals surface area contributed by atoms with Crippen LogP contribution in [0.3, 0.4) is 0 Å². The van der Waals surface area contributed by atoms with Crippen LogP contribution in [0.15, 0.2) is 62.1 Å². The summed E-state index contributed by atoms with van der Waals surface area (Å²) in [5, 5.41) is 5.00. The second-order valence-corrected chi connectivity index (χ2v) is 6.36. The van der Waals surface area contributed by atoms with Crippen molar-refractivity contribution in [2.24, 2.45) is 0 Å². The van der Waals surface area contributed by atoms with Crippen molar-refractivity contribution < 1.29 is 18.2 Å². The molecule has 0 radical (unpaired) electrons. The molecule has 1 saturated heterocycles. The molecule has 0 unspecified atom stereocenters. The van der Waals surface area contributed by atoms with Crippen molar-refractivity contribution in [3.05, 3.63) is 60.4 Å². The second kappa shape index (κ2) is 5.87. The first kappa shape index (κ1) is 14.9. The Morgan fingerprint density at radius 1 is 1.19 bits per heavy atom. The maximum atomic E-state index is 12.3. The summed E-state index contributed by atoms with van der Waals surface area (Å²) in [5.41, 5.74) is 0.773. The number of rotatable bonds is 4. The number of carbonyl (C=O) groups excluding carboxylic acids is 1. The highest BCUT2D eigenvalue weighted by molar-refractivity contribution is 5.81. The summed E-state index contributed by atoms with van der Waals surface area (Å²) in [5.74, 6) is 2.09. The summed E-state index contributed by atoms with van der Waals surface area (Å²) in [6.45, 7) is 0.980. The topological polar surface area (TPSA) is 85.5 Å². The average molecular weight is 349 g/mol. The van der Waals surface area contributed by atoms with Crippen molar-refractivity contribution >= 4 is 16.9 Å². The van der Waals surface area contributed by atoms with Gasteiger partial charge in [0.25, 0.3) is 0 Å². The molecule has 130 valence electrons. The first-order valence-electron chi connectivity index (χ1n) is 8.39. The van der Waals surface area contributed by atoms with Gasteiger partial charge in [-0.2, -0.15) is 4.98 Å². The summed E-state index contributed by atoms with van der Waals surface area (Å²) >= 11 is 0. The third-order valence-corrected chi connectivity index (χ3v) is 4.58. The molecule has 1 aromatic carbocycles. The van der Waals surface area contributed by atoms with E-state index in [-0.39, 0.29) is 11.8 Å². The van der Waals surface area contributed by atoms with Crippen molar-refractivity contribution in [1.29, 1.82) is 0 Å². The molecule has 26 heavy (non-hydrogen) atoms. The van der Waals surface area contributed by atoms with Crippen LogP contribution in [0.5, 0.6) is 0 Å². The standard InChI is InChI=1S/C19H15N3O4/c23-17-9-13(10-22(17)11-14-5-3-7-24-14)19-20-18(21-26-19)16-8-12-4-1-2-6-15(12)25-16/h1-8,13H,9-11H2/t13-/m0/s1. The number of hydrogen-bond acceptors (Lipinski definition) is 6. The van der Waals surface area contributed by atoms with Crippen LogP contribution in [0, 0.1) is 0 Å². The molecule has 1 fully saturated rings. The van der Waals surface area contributed by atoms with Gasteiger partial charge in [-0.25, -0.2) is 0 Å². The van der Waals surface area contributed by atoms with Gasteiger partial charge in [-0.15, -0.1) is 0 Å². The van der Waals surface area contributed by atoms with Crippen molar-refractivity contribution in [1.82, 2.24) is 15.0 Å². The fraction of sp³-hybridized carbons (Fsp3) is 0.211. The van der Waals surface area contributed by atoms with E-state index < -0.39 is 0 Å². The van der Waals surface area contributed by atoms with Crippen LogP contribution >= 0.6 is 0 Å². The molecule has 0 bridgehead atoms. The van der Waals surface area contributed by atoms with E-state index in [0.29, 0.717) is 37.0 Å². The van der Waals surface area contributed by atoms with E-state index in [1.807, 2.05) is 42.5 Å². The SMILES string of the molecule is O=C1C[C@H](c2nc(-c3cc4ccccc4o3)no2)CN1Cc1ccco1. The zero-order chi connectivity index (χ0) is 17.5. The Morgan fingerprint density at radius 3 is 2.96 bits per heavy atom. The third-order valence-electron chi connectivity index (χ3n) is 4.58. The molecule has 1 aliphatic heterocycles. The highest BCUT2D eigenvalue weighted by atomic mass is 16.5. The molecule has 1 aliphatic rings. The number of benzene rings is 1. The van der Waals surface area contributed by atoms with E-state index in [9.17, 15) is 4.79 Å². The molecule has 4 heterocycles. The number of fused-ring (bicyclic) bond motifs is 1. The summed E-state index contributed by atoms with van der Waals surface area (Å²) < 4.78 is 16.5. The number of para-hydroxylation sites is 1. The van der Waals surface area contributed by atoms with Gasteiger partial charge in [-0.05, 0) is 24.3 Å². The largest absolute Gasteiger partial charge is 0.467 e. The summed E-state index contributed by atoms with van der Waals surface area (Å²) in [7, 11) is 0. The number of nitrogens with zero attached hydrogens (tertiary/aromatic N) is 3. The Balaban J connectivity index is 1.36. The molecule has 1 atom stereocenters. The van der Waals surface area contributed by atoms with Gasteiger partial charge in [0.1, 0.15) is 11.3 Å². The number of aromatic nitrogens is 2. The molecule has 0 spiro atoms. The van der Waals surface area contributed by atoms with Crippen molar-refractivity contribution in [3.63, 3.8) is 0 Å². The lowest BCUT2D eigenvalue weighted by atomic mass is 10.1. The monoisotopic (exact) mass is 349 g/mol. The molecular formula is C19H15N3O4. The zero-order valence-electron chi connectivity index (χ0n) is 13.8. The Hall–Kier alpha value is -3.35. The second-order valence-electron chi connectivity index (χ2n) is 6.36. The van der Waals surface area contributed by atoms with Crippen LogP contribution in [0.2, 0.25) is 0 Å². The minimum atomic E-state index is -0.122. The highest BCUT2D eigenvalue weighted by Gasteiger charge is 2.35. The van der Waals surface area contributed by atoms with Gasteiger partial charge in [0.15, 0.2) is 5.76 Å². The Kier molecular flexibility index (Phi) is 3.38. The molecule has 0 aliphatic carbocycles. The van der Waals surface area contributed by atoms with E-state index in [4.69, 9.17) is 13.4 Å². The van der Waals surface area contributed by atoms with Gasteiger partial charge in [0.2, 0.25) is 17.6 Å². The zero-order valence-corrected chi connectivity index (χ0v) is 13.8. The van der Waals surface area contributed by atoms with E-state index in [1.54, 1.807) is 11.2 Å². The maximum Gasteiger partial charge on any atom is 0.238 e. The molecule has 5 rings (SSSR count).